The largest absolute Gasteiger partial charge is 0.480 e. The summed E-state index contributed by atoms with van der Waals surface area (Å²) < 4.78 is 0. The molecular formula is C24H34N4O3. The molecule has 0 aromatic carbocycles. The Hall–Kier alpha value is -1.65. The molecule has 1 heterocycles. The maximum Gasteiger partial charge on any atom is 0.323 e. The van der Waals surface area contributed by atoms with Gasteiger partial charge < -0.3 is 21.5 Å². The quantitative estimate of drug-likeness (QED) is 0.629. The minimum atomic E-state index is -1.15. The van der Waals surface area contributed by atoms with Crippen LogP contribution in [0.25, 0.3) is 0 Å². The van der Waals surface area contributed by atoms with Gasteiger partial charge in [0.15, 0.2) is 0 Å². The number of aliphatic carboxylic acids is 1. The molecule has 7 rings (SSSR count). The van der Waals surface area contributed by atoms with E-state index in [-0.39, 0.29) is 34.7 Å². The van der Waals surface area contributed by atoms with E-state index in [0.717, 1.165) is 57.8 Å². The zero-order chi connectivity index (χ0) is 21.8. The summed E-state index contributed by atoms with van der Waals surface area (Å²) in [5, 5.41) is 19.6. The number of hydrogen-bond donors (Lipinski definition) is 3. The molecule has 7 unspecified atom stereocenters. The lowest BCUT2D eigenvalue weighted by Gasteiger charge is -2.66. The zero-order valence-electron chi connectivity index (χ0n) is 18.1. The summed E-state index contributed by atoms with van der Waals surface area (Å²) >= 11 is 0. The number of amides is 1. The van der Waals surface area contributed by atoms with Crippen LogP contribution in [0.2, 0.25) is 0 Å². The summed E-state index contributed by atoms with van der Waals surface area (Å²) in [5.41, 5.74) is 11.9. The van der Waals surface area contributed by atoms with Gasteiger partial charge >= 0.3 is 5.97 Å². The topological polar surface area (TPSA) is 133 Å². The lowest BCUT2D eigenvalue weighted by molar-refractivity contribution is -0.174. The van der Waals surface area contributed by atoms with Crippen molar-refractivity contribution in [3.8, 4) is 6.07 Å². The van der Waals surface area contributed by atoms with E-state index in [9.17, 15) is 20.0 Å². The van der Waals surface area contributed by atoms with Crippen LogP contribution in [0, 0.1) is 45.8 Å². The highest BCUT2D eigenvalue weighted by Gasteiger charge is 2.67. The fourth-order valence-corrected chi connectivity index (χ4v) is 9.63. The summed E-state index contributed by atoms with van der Waals surface area (Å²) in [6.45, 7) is 0. The summed E-state index contributed by atoms with van der Waals surface area (Å²) in [6, 6.07) is 1.62. The molecule has 6 saturated carbocycles. The number of rotatable bonds is 4. The fourth-order valence-electron chi connectivity index (χ4n) is 9.63. The average molecular weight is 427 g/mol. The number of carboxylic acids is 1. The highest BCUT2D eigenvalue weighted by atomic mass is 16.4. The first-order valence-electron chi connectivity index (χ1n) is 12.2. The Balaban J connectivity index is 1.33. The van der Waals surface area contributed by atoms with Gasteiger partial charge in [0.2, 0.25) is 5.91 Å². The van der Waals surface area contributed by atoms with Crippen molar-refractivity contribution in [3.05, 3.63) is 0 Å². The Bertz CT molecular complexity index is 869. The van der Waals surface area contributed by atoms with Crippen LogP contribution in [0.1, 0.15) is 70.6 Å². The second-order valence-electron chi connectivity index (χ2n) is 12.1. The van der Waals surface area contributed by atoms with Gasteiger partial charge in [-0.1, -0.05) is 6.42 Å². The predicted molar refractivity (Wildman–Crippen MR) is 112 cm³/mol. The molecular weight excluding hydrogens is 392 g/mol. The van der Waals surface area contributed by atoms with Gasteiger partial charge in [-0.3, -0.25) is 9.59 Å². The maximum absolute atomic E-state index is 13.7. The van der Waals surface area contributed by atoms with E-state index in [1.807, 2.05) is 4.90 Å². The molecule has 1 aliphatic heterocycles. The van der Waals surface area contributed by atoms with E-state index < -0.39 is 17.6 Å². The minimum absolute atomic E-state index is 0.0303. The Kier molecular flexibility index (Phi) is 4.02. The Morgan fingerprint density at radius 3 is 2.48 bits per heavy atom. The van der Waals surface area contributed by atoms with Gasteiger partial charge in [0.1, 0.15) is 11.6 Å². The van der Waals surface area contributed by atoms with Crippen LogP contribution in [0.15, 0.2) is 0 Å². The van der Waals surface area contributed by atoms with E-state index in [0.29, 0.717) is 24.2 Å². The van der Waals surface area contributed by atoms with Crippen molar-refractivity contribution in [1.82, 2.24) is 4.90 Å². The number of nitrogens with zero attached hydrogens (tertiary/aromatic N) is 2. The van der Waals surface area contributed by atoms with Gasteiger partial charge in [0.25, 0.3) is 0 Å². The Morgan fingerprint density at radius 1 is 1.13 bits per heavy atom. The van der Waals surface area contributed by atoms with Crippen molar-refractivity contribution < 1.29 is 14.7 Å². The number of nitrogens with two attached hydrogens (primary N) is 2. The van der Waals surface area contributed by atoms with Gasteiger partial charge in [-0.2, -0.15) is 5.26 Å². The number of carboxylic acid groups (broad SMARTS) is 1. The highest BCUT2D eigenvalue weighted by molar-refractivity contribution is 5.84. The first kappa shape index (κ1) is 20.0. The van der Waals surface area contributed by atoms with Crippen molar-refractivity contribution in [3.63, 3.8) is 0 Å². The van der Waals surface area contributed by atoms with Gasteiger partial charge in [-0.05, 0) is 98.7 Å². The van der Waals surface area contributed by atoms with Crippen molar-refractivity contribution in [2.24, 2.45) is 46.0 Å². The normalized spacial score (nSPS) is 52.6. The molecule has 4 bridgehead atoms. The molecule has 1 saturated heterocycles. The molecule has 7 aliphatic rings. The summed E-state index contributed by atoms with van der Waals surface area (Å²) in [6.07, 6.45) is 10.1. The second kappa shape index (κ2) is 6.23. The number of likely N-dealkylation sites (tertiary alicyclic amines) is 1. The Labute approximate surface area is 183 Å². The number of carbonyl (C=O) groups is 2. The molecule has 7 fully saturated rings. The zero-order valence-corrected chi connectivity index (χ0v) is 18.1. The van der Waals surface area contributed by atoms with Crippen molar-refractivity contribution in [2.75, 3.05) is 0 Å². The lowest BCUT2D eigenvalue weighted by atomic mass is 9.39. The van der Waals surface area contributed by atoms with Crippen molar-refractivity contribution in [2.45, 2.75) is 94.3 Å². The van der Waals surface area contributed by atoms with E-state index in [2.05, 4.69) is 6.07 Å². The van der Waals surface area contributed by atoms with Gasteiger partial charge in [-0.15, -0.1) is 0 Å². The molecule has 5 N–H and O–H groups in total. The van der Waals surface area contributed by atoms with Crippen molar-refractivity contribution >= 4 is 11.9 Å². The number of fused-ring (bicyclic) bond motifs is 1. The summed E-state index contributed by atoms with van der Waals surface area (Å²) in [4.78, 5) is 27.7. The van der Waals surface area contributed by atoms with Gasteiger partial charge in [-0.25, -0.2) is 0 Å². The second-order valence-corrected chi connectivity index (χ2v) is 12.1. The summed E-state index contributed by atoms with van der Waals surface area (Å²) in [7, 11) is 0. The van der Waals surface area contributed by atoms with E-state index in [4.69, 9.17) is 11.5 Å². The van der Waals surface area contributed by atoms with Crippen LogP contribution >= 0.6 is 0 Å². The highest BCUT2D eigenvalue weighted by Crippen LogP contribution is 2.70. The maximum atomic E-state index is 13.7. The van der Waals surface area contributed by atoms with Crippen LogP contribution < -0.4 is 11.5 Å². The average Bonchev–Trinajstić information content (AvgIpc) is 3.18. The SMILES string of the molecule is N#C[C@@H]1CC2CC2N1C(=O)[C@@H](N)C12CC3C[C@@H](CC(C4CCCC4(N)C(=O)O)(C3)C1)C2. The molecule has 0 spiro atoms. The number of nitriles is 1. The molecule has 1 amide bonds. The fraction of sp³-hybridized carbons (Fsp3) is 0.875. The third kappa shape index (κ3) is 2.58. The van der Waals surface area contributed by atoms with Crippen LogP contribution in [-0.4, -0.2) is 45.5 Å². The van der Waals surface area contributed by atoms with Crippen LogP contribution in [0.3, 0.4) is 0 Å². The summed E-state index contributed by atoms with van der Waals surface area (Å²) in [5.74, 6) is 0.577. The molecule has 0 radical (unpaired) electrons. The lowest BCUT2D eigenvalue weighted by Crippen LogP contribution is -2.67. The monoisotopic (exact) mass is 426 g/mol. The molecule has 0 aromatic rings. The van der Waals surface area contributed by atoms with Gasteiger partial charge in [0, 0.05) is 6.04 Å². The van der Waals surface area contributed by atoms with Crippen LogP contribution in [-0.2, 0) is 9.59 Å². The van der Waals surface area contributed by atoms with Crippen LogP contribution in [0.5, 0.6) is 0 Å². The predicted octanol–water partition coefficient (Wildman–Crippen LogP) is 2.00. The Morgan fingerprint density at radius 2 is 1.84 bits per heavy atom. The minimum Gasteiger partial charge on any atom is -0.480 e. The van der Waals surface area contributed by atoms with Gasteiger partial charge in [0.05, 0.1) is 12.1 Å². The van der Waals surface area contributed by atoms with Crippen molar-refractivity contribution in [1.29, 1.82) is 5.26 Å². The number of carbonyl (C=O) groups excluding carboxylic acids is 1. The van der Waals surface area contributed by atoms with E-state index in [1.54, 1.807) is 0 Å². The van der Waals surface area contributed by atoms with E-state index in [1.165, 1.54) is 6.42 Å². The smallest absolute Gasteiger partial charge is 0.323 e. The number of hydrogen-bond acceptors (Lipinski definition) is 5. The molecule has 6 aliphatic carbocycles. The molecule has 168 valence electrons. The standard InChI is InChI=1S/C24H34N4O3/c25-11-16-5-15-6-17(15)28(16)20(29)19(26)23-9-13-4-14(10-23)8-22(7-13,12-23)18-2-1-3-24(18,27)21(30)31/h13-19H,1-10,12,26-27H2,(H,30,31)/t13-,14?,15?,16-,17?,18?,19+,22?,23?,24?/m0/s1. The third-order valence-electron chi connectivity index (χ3n) is 10.4. The first-order chi connectivity index (χ1) is 14.7. The third-order valence-corrected chi connectivity index (χ3v) is 10.4. The molecule has 7 nitrogen and oxygen atoms in total. The first-order valence-corrected chi connectivity index (χ1v) is 12.2. The van der Waals surface area contributed by atoms with Crippen LogP contribution in [0.4, 0.5) is 0 Å². The molecule has 31 heavy (non-hydrogen) atoms. The molecule has 0 aromatic heterocycles. The number of piperidine rings is 1. The van der Waals surface area contributed by atoms with E-state index >= 15 is 0 Å². The molecule has 7 heteroatoms. The molecule has 10 atom stereocenters.